The number of nitrogens with two attached hydrogens (primary N) is 1. The maximum Gasteiger partial charge on any atom is 0.222 e. The van der Waals surface area contributed by atoms with Crippen LogP contribution in [0.25, 0.3) is 0 Å². The summed E-state index contributed by atoms with van der Waals surface area (Å²) in [7, 11) is 0. The van der Waals surface area contributed by atoms with E-state index in [1.54, 1.807) is 0 Å². The molecule has 1 aliphatic heterocycles. The molecule has 1 fully saturated rings. The third kappa shape index (κ3) is 2.61. The third-order valence-corrected chi connectivity index (χ3v) is 3.90. The molecule has 1 aromatic rings. The van der Waals surface area contributed by atoms with Crippen LogP contribution in [0.2, 0.25) is 0 Å². The van der Waals surface area contributed by atoms with Gasteiger partial charge in [-0.1, -0.05) is 22.0 Å². The Hall–Kier alpha value is -1.07. The molecule has 17 heavy (non-hydrogen) atoms. The fourth-order valence-electron chi connectivity index (χ4n) is 2.09. The van der Waals surface area contributed by atoms with Crippen molar-refractivity contribution in [2.24, 2.45) is 11.7 Å². The van der Waals surface area contributed by atoms with Gasteiger partial charge in [0.2, 0.25) is 5.91 Å². The van der Waals surface area contributed by atoms with Crippen molar-refractivity contribution in [3.63, 3.8) is 0 Å². The normalized spacial score (nSPS) is 19.6. The second-order valence-electron chi connectivity index (χ2n) is 4.27. The van der Waals surface area contributed by atoms with Gasteiger partial charge in [0.25, 0.3) is 0 Å². The van der Waals surface area contributed by atoms with E-state index in [2.05, 4.69) is 20.8 Å². The van der Waals surface area contributed by atoms with E-state index in [4.69, 9.17) is 10.8 Å². The number of hydrogen-bond acceptors (Lipinski definition) is 3. The first-order valence-electron chi connectivity index (χ1n) is 5.55. The lowest BCUT2D eigenvalue weighted by Crippen LogP contribution is -2.27. The molecule has 3 N–H and O–H groups in total. The van der Waals surface area contributed by atoms with Crippen LogP contribution in [0.3, 0.4) is 0 Å². The molecular weight excluding hydrogens is 284 g/mol. The Morgan fingerprint density at radius 2 is 2.35 bits per heavy atom. The molecule has 0 saturated carbocycles. The van der Waals surface area contributed by atoms with Gasteiger partial charge in [0, 0.05) is 23.2 Å². The molecule has 1 saturated heterocycles. The van der Waals surface area contributed by atoms with Crippen LogP contribution in [0, 0.1) is 5.92 Å². The van der Waals surface area contributed by atoms with E-state index in [0.29, 0.717) is 6.54 Å². The second-order valence-corrected chi connectivity index (χ2v) is 5.12. The molecule has 1 aromatic carbocycles. The van der Waals surface area contributed by atoms with Crippen molar-refractivity contribution >= 4 is 27.5 Å². The van der Waals surface area contributed by atoms with Crippen LogP contribution in [-0.2, 0) is 11.4 Å². The highest BCUT2D eigenvalue weighted by molar-refractivity contribution is 9.10. The molecule has 1 heterocycles. The molecule has 0 spiro atoms. The molecule has 1 aliphatic rings. The van der Waals surface area contributed by atoms with E-state index in [1.807, 2.05) is 18.2 Å². The van der Waals surface area contributed by atoms with Gasteiger partial charge in [0.15, 0.2) is 0 Å². The van der Waals surface area contributed by atoms with Gasteiger partial charge in [-0.15, -0.1) is 0 Å². The Morgan fingerprint density at radius 1 is 1.59 bits per heavy atom. The van der Waals surface area contributed by atoms with Gasteiger partial charge >= 0.3 is 0 Å². The van der Waals surface area contributed by atoms with E-state index in [0.717, 1.165) is 28.7 Å². The fourth-order valence-corrected chi connectivity index (χ4v) is 2.58. The molecule has 0 aromatic heterocycles. The average Bonchev–Trinajstić information content (AvgIpc) is 2.78. The number of halogens is 1. The number of carbonyl (C=O) groups excluding carboxylic acids is 1. The van der Waals surface area contributed by atoms with E-state index in [1.165, 1.54) is 0 Å². The van der Waals surface area contributed by atoms with Crippen LogP contribution in [0.15, 0.2) is 22.7 Å². The Kier molecular flexibility index (Phi) is 3.69. The number of amides is 1. The largest absolute Gasteiger partial charge is 0.392 e. The van der Waals surface area contributed by atoms with Gasteiger partial charge in [-0.25, -0.2) is 0 Å². The lowest BCUT2D eigenvalue weighted by atomic mass is 10.1. The number of aliphatic hydroxyl groups is 1. The number of aliphatic hydroxyl groups excluding tert-OH is 1. The maximum atomic E-state index is 11.1. The van der Waals surface area contributed by atoms with Crippen LogP contribution in [0.1, 0.15) is 12.0 Å². The zero-order chi connectivity index (χ0) is 12.4. The van der Waals surface area contributed by atoms with Gasteiger partial charge in [0.05, 0.1) is 12.5 Å². The quantitative estimate of drug-likeness (QED) is 0.883. The number of benzene rings is 1. The van der Waals surface area contributed by atoms with Crippen molar-refractivity contribution in [1.29, 1.82) is 0 Å². The monoisotopic (exact) mass is 298 g/mol. The first-order chi connectivity index (χ1) is 8.11. The lowest BCUT2D eigenvalue weighted by Gasteiger charge is -2.19. The predicted molar refractivity (Wildman–Crippen MR) is 69.6 cm³/mol. The summed E-state index contributed by atoms with van der Waals surface area (Å²) in [5, 5.41) is 9.08. The standard InChI is InChI=1S/C12H15BrN2O2/c13-11-5-10(2-1-9(11)7-16)15-4-3-8(6-15)12(14)17/h1-2,5,8,16H,3-4,6-7H2,(H2,14,17). The van der Waals surface area contributed by atoms with Gasteiger partial charge in [0.1, 0.15) is 0 Å². The first-order valence-corrected chi connectivity index (χ1v) is 6.34. The molecule has 1 unspecified atom stereocenters. The van der Waals surface area contributed by atoms with E-state index in [-0.39, 0.29) is 18.4 Å². The highest BCUT2D eigenvalue weighted by Crippen LogP contribution is 2.28. The summed E-state index contributed by atoms with van der Waals surface area (Å²) in [6, 6.07) is 5.81. The molecule has 2 rings (SSSR count). The maximum absolute atomic E-state index is 11.1. The zero-order valence-electron chi connectivity index (χ0n) is 9.40. The first kappa shape index (κ1) is 12.4. The third-order valence-electron chi connectivity index (χ3n) is 3.16. The van der Waals surface area contributed by atoms with Crippen molar-refractivity contribution in [3.8, 4) is 0 Å². The summed E-state index contributed by atoms with van der Waals surface area (Å²) in [5.74, 6) is -0.273. The molecule has 1 atom stereocenters. The molecule has 0 bridgehead atoms. The molecule has 0 radical (unpaired) electrons. The summed E-state index contributed by atoms with van der Waals surface area (Å²) < 4.78 is 0.889. The number of primary amides is 1. The predicted octanol–water partition coefficient (Wildman–Crippen LogP) is 1.25. The number of carbonyl (C=O) groups is 1. The Morgan fingerprint density at radius 3 is 2.88 bits per heavy atom. The zero-order valence-corrected chi connectivity index (χ0v) is 11.0. The minimum absolute atomic E-state index is 0.0186. The van der Waals surface area contributed by atoms with E-state index >= 15 is 0 Å². The summed E-state index contributed by atoms with van der Waals surface area (Å²) in [6.45, 7) is 1.55. The highest BCUT2D eigenvalue weighted by Gasteiger charge is 2.26. The SMILES string of the molecule is NC(=O)C1CCN(c2ccc(CO)c(Br)c2)C1. The molecule has 5 heteroatoms. The lowest BCUT2D eigenvalue weighted by molar-refractivity contribution is -0.121. The number of nitrogens with zero attached hydrogens (tertiary/aromatic N) is 1. The Bertz CT molecular complexity index is 437. The van der Waals surface area contributed by atoms with Gasteiger partial charge < -0.3 is 15.7 Å². The Labute approximate surface area is 109 Å². The summed E-state index contributed by atoms with van der Waals surface area (Å²) in [6.07, 6.45) is 0.814. The molecule has 0 aliphatic carbocycles. The second kappa shape index (κ2) is 5.06. The number of rotatable bonds is 3. The van der Waals surface area contributed by atoms with Crippen LogP contribution in [0.4, 0.5) is 5.69 Å². The average molecular weight is 299 g/mol. The van der Waals surface area contributed by atoms with Crippen molar-refractivity contribution in [1.82, 2.24) is 0 Å². The van der Waals surface area contributed by atoms with Crippen LogP contribution >= 0.6 is 15.9 Å². The topological polar surface area (TPSA) is 66.6 Å². The molecular formula is C12H15BrN2O2. The van der Waals surface area contributed by atoms with Crippen molar-refractivity contribution < 1.29 is 9.90 Å². The number of hydrogen-bond donors (Lipinski definition) is 2. The minimum Gasteiger partial charge on any atom is -0.392 e. The fraction of sp³-hybridized carbons (Fsp3) is 0.417. The van der Waals surface area contributed by atoms with Gasteiger partial charge in [-0.05, 0) is 24.1 Å². The number of anilines is 1. The summed E-state index contributed by atoms with van der Waals surface area (Å²) in [5.41, 5.74) is 7.22. The van der Waals surface area contributed by atoms with E-state index in [9.17, 15) is 4.79 Å². The van der Waals surface area contributed by atoms with Crippen LogP contribution in [-0.4, -0.2) is 24.1 Å². The highest BCUT2D eigenvalue weighted by atomic mass is 79.9. The minimum atomic E-state index is -0.224. The van der Waals surface area contributed by atoms with Crippen molar-refractivity contribution in [2.45, 2.75) is 13.0 Å². The molecule has 92 valence electrons. The summed E-state index contributed by atoms with van der Waals surface area (Å²) >= 11 is 3.42. The van der Waals surface area contributed by atoms with Crippen molar-refractivity contribution in [2.75, 3.05) is 18.0 Å². The van der Waals surface area contributed by atoms with Crippen molar-refractivity contribution in [3.05, 3.63) is 28.2 Å². The van der Waals surface area contributed by atoms with E-state index < -0.39 is 0 Å². The van der Waals surface area contributed by atoms with Gasteiger partial charge in [-0.3, -0.25) is 4.79 Å². The smallest absolute Gasteiger partial charge is 0.222 e. The van der Waals surface area contributed by atoms with Crippen LogP contribution < -0.4 is 10.6 Å². The van der Waals surface area contributed by atoms with Gasteiger partial charge in [-0.2, -0.15) is 0 Å². The summed E-state index contributed by atoms with van der Waals surface area (Å²) in [4.78, 5) is 13.2. The van der Waals surface area contributed by atoms with Crippen LogP contribution in [0.5, 0.6) is 0 Å². The molecule has 4 nitrogen and oxygen atoms in total. The molecule has 1 amide bonds. The Balaban J connectivity index is 2.14.